The van der Waals surface area contributed by atoms with E-state index in [9.17, 15) is 0 Å². The molecule has 17 heavy (non-hydrogen) atoms. The fourth-order valence-electron chi connectivity index (χ4n) is 2.46. The van der Waals surface area contributed by atoms with Crippen molar-refractivity contribution in [3.63, 3.8) is 0 Å². The van der Waals surface area contributed by atoms with E-state index in [0.29, 0.717) is 0 Å². The lowest BCUT2D eigenvalue weighted by molar-refractivity contribution is 0.254. The largest absolute Gasteiger partial charge is 0.396 e. The molecule has 4 nitrogen and oxygen atoms in total. The maximum atomic E-state index is 5.82. The molecule has 0 spiro atoms. The molecule has 1 saturated carbocycles. The summed E-state index contributed by atoms with van der Waals surface area (Å²) in [6.45, 7) is 1.99. The second-order valence-corrected chi connectivity index (χ2v) is 4.81. The lowest BCUT2D eigenvalue weighted by Crippen LogP contribution is -2.33. The molecule has 0 aromatic carbocycles. The predicted octanol–water partition coefficient (Wildman–Crippen LogP) is 1.95. The van der Waals surface area contributed by atoms with Crippen LogP contribution >= 0.6 is 0 Å². The van der Waals surface area contributed by atoms with Crippen molar-refractivity contribution in [1.82, 2.24) is 9.88 Å². The number of nitrogens with two attached hydrogens (primary N) is 1. The molecule has 1 heterocycles. The highest BCUT2D eigenvalue weighted by atomic mass is 15.1. The first-order chi connectivity index (χ1) is 8.27. The van der Waals surface area contributed by atoms with Crippen LogP contribution in [0.15, 0.2) is 18.5 Å². The maximum absolute atomic E-state index is 5.82. The van der Waals surface area contributed by atoms with Crippen molar-refractivity contribution in [3.05, 3.63) is 18.5 Å². The minimum absolute atomic E-state index is 0.719. The number of aromatic nitrogens is 1. The summed E-state index contributed by atoms with van der Waals surface area (Å²) in [7, 11) is 2.22. The average molecular weight is 234 g/mol. The summed E-state index contributed by atoms with van der Waals surface area (Å²) in [5.74, 6) is 0. The highest BCUT2D eigenvalue weighted by Crippen LogP contribution is 2.22. The number of rotatable bonds is 5. The van der Waals surface area contributed by atoms with E-state index in [1.807, 2.05) is 6.07 Å². The number of hydrogen-bond acceptors (Lipinski definition) is 4. The number of likely N-dealkylation sites (N-methyl/N-ethyl adjacent to an activating group) is 1. The average Bonchev–Trinajstić information content (AvgIpc) is 2.85. The van der Waals surface area contributed by atoms with Crippen molar-refractivity contribution in [2.75, 3.05) is 31.2 Å². The molecule has 4 heteroatoms. The van der Waals surface area contributed by atoms with Gasteiger partial charge in [-0.15, -0.1) is 0 Å². The first-order valence-electron chi connectivity index (χ1n) is 6.41. The summed E-state index contributed by atoms with van der Waals surface area (Å²) < 4.78 is 0. The van der Waals surface area contributed by atoms with Gasteiger partial charge in [-0.25, -0.2) is 0 Å². The van der Waals surface area contributed by atoms with Crippen molar-refractivity contribution in [2.45, 2.75) is 31.7 Å². The summed E-state index contributed by atoms with van der Waals surface area (Å²) >= 11 is 0. The number of nitrogen functional groups attached to an aromatic ring is 1. The summed E-state index contributed by atoms with van der Waals surface area (Å²) in [4.78, 5) is 6.43. The summed E-state index contributed by atoms with van der Waals surface area (Å²) in [6.07, 6.45) is 8.93. The highest BCUT2D eigenvalue weighted by Gasteiger charge is 2.18. The molecule has 0 saturated heterocycles. The van der Waals surface area contributed by atoms with Crippen molar-refractivity contribution < 1.29 is 0 Å². The van der Waals surface area contributed by atoms with Crippen LogP contribution in [0.5, 0.6) is 0 Å². The van der Waals surface area contributed by atoms with Crippen molar-refractivity contribution in [3.8, 4) is 0 Å². The van der Waals surface area contributed by atoms with E-state index in [4.69, 9.17) is 5.73 Å². The molecule has 1 aliphatic rings. The topological polar surface area (TPSA) is 54.2 Å². The monoisotopic (exact) mass is 234 g/mol. The molecule has 0 bridgehead atoms. The summed E-state index contributed by atoms with van der Waals surface area (Å²) in [6, 6.07) is 2.71. The Morgan fingerprint density at radius 3 is 2.94 bits per heavy atom. The quantitative estimate of drug-likeness (QED) is 0.817. The first-order valence-corrected chi connectivity index (χ1v) is 6.41. The van der Waals surface area contributed by atoms with E-state index < -0.39 is 0 Å². The van der Waals surface area contributed by atoms with Crippen molar-refractivity contribution in [1.29, 1.82) is 0 Å². The van der Waals surface area contributed by atoms with Gasteiger partial charge in [0, 0.05) is 25.3 Å². The van der Waals surface area contributed by atoms with Gasteiger partial charge in [-0.1, -0.05) is 12.8 Å². The Morgan fingerprint density at radius 2 is 2.24 bits per heavy atom. The molecule has 1 aliphatic carbocycles. The Balaban J connectivity index is 1.74. The third-order valence-electron chi connectivity index (χ3n) is 3.58. The van der Waals surface area contributed by atoms with E-state index in [1.54, 1.807) is 12.4 Å². The van der Waals surface area contributed by atoms with Crippen molar-refractivity contribution >= 4 is 11.4 Å². The Kier molecular flexibility index (Phi) is 4.20. The molecular formula is C13H22N4. The minimum atomic E-state index is 0.719. The van der Waals surface area contributed by atoms with Crippen LogP contribution < -0.4 is 11.1 Å². The number of pyridine rings is 1. The standard InChI is InChI=1S/C13H22N4/c1-17(11-4-2-3-5-11)9-8-16-13-6-7-15-10-12(13)14/h6-7,10-11H,2-5,8-9,14H2,1H3,(H,15,16). The first kappa shape index (κ1) is 12.2. The Bertz CT molecular complexity index is 347. The molecule has 1 aromatic rings. The number of anilines is 2. The zero-order chi connectivity index (χ0) is 12.1. The summed E-state index contributed by atoms with van der Waals surface area (Å²) in [5, 5.41) is 3.36. The van der Waals surface area contributed by atoms with E-state index in [1.165, 1.54) is 25.7 Å². The molecule has 1 fully saturated rings. The third-order valence-corrected chi connectivity index (χ3v) is 3.58. The van der Waals surface area contributed by atoms with Gasteiger partial charge >= 0.3 is 0 Å². The predicted molar refractivity (Wildman–Crippen MR) is 72.0 cm³/mol. The molecule has 0 radical (unpaired) electrons. The molecule has 94 valence electrons. The lowest BCUT2D eigenvalue weighted by atomic mass is 10.2. The van der Waals surface area contributed by atoms with Crippen molar-refractivity contribution in [2.24, 2.45) is 0 Å². The Morgan fingerprint density at radius 1 is 1.47 bits per heavy atom. The minimum Gasteiger partial charge on any atom is -0.396 e. The van der Waals surface area contributed by atoms with Crippen LogP contribution in [0, 0.1) is 0 Å². The molecular weight excluding hydrogens is 212 g/mol. The van der Waals surface area contributed by atoms with Crippen LogP contribution in [0.25, 0.3) is 0 Å². The molecule has 1 aromatic heterocycles. The van der Waals surface area contributed by atoms with Crippen LogP contribution in [0.4, 0.5) is 11.4 Å². The van der Waals surface area contributed by atoms with Gasteiger partial charge in [-0.2, -0.15) is 0 Å². The van der Waals surface area contributed by atoms with E-state index in [-0.39, 0.29) is 0 Å². The molecule has 0 atom stereocenters. The number of nitrogens with zero attached hydrogens (tertiary/aromatic N) is 2. The van der Waals surface area contributed by atoms with Gasteiger partial charge in [0.2, 0.25) is 0 Å². The molecule has 2 rings (SSSR count). The Hall–Kier alpha value is -1.29. The smallest absolute Gasteiger partial charge is 0.0736 e. The van der Waals surface area contributed by atoms with E-state index in [0.717, 1.165) is 30.5 Å². The van der Waals surface area contributed by atoms with Gasteiger partial charge in [0.25, 0.3) is 0 Å². The van der Waals surface area contributed by atoms with E-state index >= 15 is 0 Å². The van der Waals surface area contributed by atoms with Gasteiger partial charge < -0.3 is 16.0 Å². The lowest BCUT2D eigenvalue weighted by Gasteiger charge is -2.24. The van der Waals surface area contributed by atoms with Crippen LogP contribution in [-0.4, -0.2) is 36.1 Å². The number of nitrogens with one attached hydrogen (secondary N) is 1. The van der Waals surface area contributed by atoms with Gasteiger partial charge in [0.15, 0.2) is 0 Å². The highest BCUT2D eigenvalue weighted by molar-refractivity contribution is 5.64. The van der Waals surface area contributed by atoms with Gasteiger partial charge in [0.1, 0.15) is 0 Å². The fourth-order valence-corrected chi connectivity index (χ4v) is 2.46. The van der Waals surface area contributed by atoms with Crippen LogP contribution in [0.1, 0.15) is 25.7 Å². The zero-order valence-corrected chi connectivity index (χ0v) is 10.5. The van der Waals surface area contributed by atoms with Gasteiger partial charge in [-0.3, -0.25) is 4.98 Å². The van der Waals surface area contributed by atoms with Crippen LogP contribution in [0.2, 0.25) is 0 Å². The fraction of sp³-hybridized carbons (Fsp3) is 0.615. The van der Waals surface area contributed by atoms with Crippen LogP contribution in [0.3, 0.4) is 0 Å². The second kappa shape index (κ2) is 5.87. The normalized spacial score (nSPS) is 16.6. The molecule has 3 N–H and O–H groups in total. The zero-order valence-electron chi connectivity index (χ0n) is 10.5. The van der Waals surface area contributed by atoms with Gasteiger partial charge in [0.05, 0.1) is 17.6 Å². The second-order valence-electron chi connectivity index (χ2n) is 4.81. The Labute approximate surface area is 103 Å². The SMILES string of the molecule is CN(CCNc1ccncc1N)C1CCCC1. The van der Waals surface area contributed by atoms with Gasteiger partial charge in [-0.05, 0) is 26.0 Å². The molecule has 0 amide bonds. The maximum Gasteiger partial charge on any atom is 0.0736 e. The van der Waals surface area contributed by atoms with Crippen LogP contribution in [-0.2, 0) is 0 Å². The third kappa shape index (κ3) is 3.33. The molecule has 0 aliphatic heterocycles. The molecule has 0 unspecified atom stereocenters. The number of hydrogen-bond donors (Lipinski definition) is 2. The van der Waals surface area contributed by atoms with E-state index in [2.05, 4.69) is 22.2 Å². The summed E-state index contributed by atoms with van der Waals surface area (Å²) in [5.41, 5.74) is 7.53.